The summed E-state index contributed by atoms with van der Waals surface area (Å²) in [6.45, 7) is 2.34. The summed E-state index contributed by atoms with van der Waals surface area (Å²) < 4.78 is 4.62. The first-order valence-electron chi connectivity index (χ1n) is 4.97. The van der Waals surface area contributed by atoms with Crippen molar-refractivity contribution in [3.05, 3.63) is 0 Å². The highest BCUT2D eigenvalue weighted by molar-refractivity contribution is 5.69. The normalized spacial score (nSPS) is 24.3. The van der Waals surface area contributed by atoms with Gasteiger partial charge in [-0.1, -0.05) is 0 Å². The lowest BCUT2D eigenvalue weighted by molar-refractivity contribution is -0.141. The van der Waals surface area contributed by atoms with Gasteiger partial charge in [-0.15, -0.1) is 0 Å². The zero-order valence-corrected chi connectivity index (χ0v) is 8.58. The van der Waals surface area contributed by atoms with Gasteiger partial charge in [0.25, 0.3) is 0 Å². The minimum Gasteiger partial charge on any atom is -0.469 e. The van der Waals surface area contributed by atoms with Crippen molar-refractivity contribution < 1.29 is 9.53 Å². The average molecular weight is 185 g/mol. The molecule has 0 aliphatic carbocycles. The molecular weight excluding hydrogens is 166 g/mol. The number of methoxy groups -OCH3 is 1. The van der Waals surface area contributed by atoms with E-state index in [0.29, 0.717) is 12.3 Å². The monoisotopic (exact) mass is 185 g/mol. The van der Waals surface area contributed by atoms with Crippen LogP contribution in [-0.4, -0.2) is 38.1 Å². The molecule has 0 bridgehead atoms. The van der Waals surface area contributed by atoms with Crippen molar-refractivity contribution in [1.29, 1.82) is 0 Å². The molecule has 0 radical (unpaired) electrons. The van der Waals surface area contributed by atoms with E-state index in [1.165, 1.54) is 26.5 Å². The number of esters is 1. The maximum absolute atomic E-state index is 10.9. The summed E-state index contributed by atoms with van der Waals surface area (Å²) in [5, 5.41) is 0. The number of hydrogen-bond donors (Lipinski definition) is 0. The summed E-state index contributed by atoms with van der Waals surface area (Å²) in [5.74, 6) is 0.617. The Bertz CT molecular complexity index is 170. The fraction of sp³-hybridized carbons (Fsp3) is 0.900. The molecule has 3 heteroatoms. The highest BCUT2D eigenvalue weighted by atomic mass is 16.5. The van der Waals surface area contributed by atoms with E-state index in [2.05, 4.69) is 16.7 Å². The molecule has 0 amide bonds. The third-order valence-electron chi connectivity index (χ3n) is 2.71. The molecule has 1 aliphatic heterocycles. The van der Waals surface area contributed by atoms with Crippen molar-refractivity contribution in [2.75, 3.05) is 27.2 Å². The molecule has 13 heavy (non-hydrogen) atoms. The molecule has 0 aromatic carbocycles. The van der Waals surface area contributed by atoms with Gasteiger partial charge in [0, 0.05) is 13.0 Å². The summed E-state index contributed by atoms with van der Waals surface area (Å²) >= 11 is 0. The summed E-state index contributed by atoms with van der Waals surface area (Å²) in [6, 6.07) is 0. The molecule has 1 fully saturated rings. The third-order valence-corrected chi connectivity index (χ3v) is 2.71. The predicted molar refractivity (Wildman–Crippen MR) is 51.5 cm³/mol. The molecule has 1 heterocycles. The summed E-state index contributed by atoms with van der Waals surface area (Å²) in [7, 11) is 3.60. The standard InChI is InChI=1S/C10H19NO2/c1-11-7-3-4-9(8-11)5-6-10(12)13-2/h9H,3-8H2,1-2H3. The second-order valence-corrected chi connectivity index (χ2v) is 3.89. The predicted octanol–water partition coefficient (Wildman–Crippen LogP) is 1.28. The van der Waals surface area contributed by atoms with E-state index >= 15 is 0 Å². The SMILES string of the molecule is COC(=O)CCC1CCCN(C)C1. The molecule has 76 valence electrons. The molecular formula is C10H19NO2. The smallest absolute Gasteiger partial charge is 0.305 e. The van der Waals surface area contributed by atoms with Crippen LogP contribution in [0.25, 0.3) is 0 Å². The van der Waals surface area contributed by atoms with Gasteiger partial charge in [0.1, 0.15) is 0 Å². The van der Waals surface area contributed by atoms with Crippen molar-refractivity contribution in [3.63, 3.8) is 0 Å². The number of carbonyl (C=O) groups excluding carboxylic acids is 1. The maximum atomic E-state index is 10.9. The summed E-state index contributed by atoms with van der Waals surface area (Å²) in [5.41, 5.74) is 0. The number of hydrogen-bond acceptors (Lipinski definition) is 3. The Labute approximate surface area is 80.1 Å². The highest BCUT2D eigenvalue weighted by Gasteiger charge is 2.17. The Hall–Kier alpha value is -0.570. The van der Waals surface area contributed by atoms with Crippen LogP contribution in [0.5, 0.6) is 0 Å². The first-order chi connectivity index (χ1) is 6.22. The Morgan fingerprint density at radius 1 is 1.62 bits per heavy atom. The molecule has 0 aromatic heterocycles. The number of piperidine rings is 1. The second-order valence-electron chi connectivity index (χ2n) is 3.89. The minimum atomic E-state index is -0.0757. The molecule has 1 atom stereocenters. The van der Waals surface area contributed by atoms with Gasteiger partial charge >= 0.3 is 5.97 Å². The van der Waals surface area contributed by atoms with Gasteiger partial charge in [0.2, 0.25) is 0 Å². The van der Waals surface area contributed by atoms with Crippen LogP contribution in [0, 0.1) is 5.92 Å². The van der Waals surface area contributed by atoms with Gasteiger partial charge in [-0.3, -0.25) is 4.79 Å². The first kappa shape index (κ1) is 10.5. The lowest BCUT2D eigenvalue weighted by atomic mass is 9.94. The molecule has 0 spiro atoms. The fourth-order valence-electron chi connectivity index (χ4n) is 1.93. The Balaban J connectivity index is 2.17. The highest BCUT2D eigenvalue weighted by Crippen LogP contribution is 2.19. The van der Waals surface area contributed by atoms with Crippen molar-refractivity contribution in [2.45, 2.75) is 25.7 Å². The van der Waals surface area contributed by atoms with Crippen LogP contribution in [0.4, 0.5) is 0 Å². The molecule has 3 nitrogen and oxygen atoms in total. The quantitative estimate of drug-likeness (QED) is 0.620. The van der Waals surface area contributed by atoms with Crippen molar-refractivity contribution in [2.24, 2.45) is 5.92 Å². The lowest BCUT2D eigenvalue weighted by Crippen LogP contribution is -2.32. The first-order valence-corrected chi connectivity index (χ1v) is 4.97. The topological polar surface area (TPSA) is 29.5 Å². The molecule has 1 aliphatic rings. The Morgan fingerprint density at radius 2 is 2.38 bits per heavy atom. The van der Waals surface area contributed by atoms with Crippen LogP contribution < -0.4 is 0 Å². The molecule has 1 unspecified atom stereocenters. The third kappa shape index (κ3) is 3.77. The molecule has 0 saturated carbocycles. The van der Waals surface area contributed by atoms with E-state index in [0.717, 1.165) is 13.0 Å². The Morgan fingerprint density at radius 3 is 3.00 bits per heavy atom. The van der Waals surface area contributed by atoms with Crippen LogP contribution in [0.15, 0.2) is 0 Å². The average Bonchev–Trinajstić information content (AvgIpc) is 2.14. The lowest BCUT2D eigenvalue weighted by Gasteiger charge is -2.29. The number of nitrogens with zero attached hydrogens (tertiary/aromatic N) is 1. The molecule has 0 N–H and O–H groups in total. The largest absolute Gasteiger partial charge is 0.469 e. The van der Waals surface area contributed by atoms with E-state index in [4.69, 9.17) is 0 Å². The van der Waals surface area contributed by atoms with Gasteiger partial charge in [0.05, 0.1) is 7.11 Å². The van der Waals surface area contributed by atoms with Gasteiger partial charge in [-0.2, -0.15) is 0 Å². The van der Waals surface area contributed by atoms with Crippen LogP contribution in [0.3, 0.4) is 0 Å². The zero-order valence-electron chi connectivity index (χ0n) is 8.58. The second kappa shape index (κ2) is 5.22. The van der Waals surface area contributed by atoms with E-state index < -0.39 is 0 Å². The summed E-state index contributed by atoms with van der Waals surface area (Å²) in [4.78, 5) is 13.2. The number of likely N-dealkylation sites (tertiary alicyclic amines) is 1. The molecule has 1 saturated heterocycles. The van der Waals surface area contributed by atoms with Crippen LogP contribution in [-0.2, 0) is 9.53 Å². The molecule has 1 rings (SSSR count). The van der Waals surface area contributed by atoms with Gasteiger partial charge in [-0.05, 0) is 38.8 Å². The van der Waals surface area contributed by atoms with Gasteiger partial charge in [0.15, 0.2) is 0 Å². The van der Waals surface area contributed by atoms with Gasteiger partial charge < -0.3 is 9.64 Å². The molecule has 0 aromatic rings. The van der Waals surface area contributed by atoms with E-state index in [-0.39, 0.29) is 5.97 Å². The number of rotatable bonds is 3. The fourth-order valence-corrected chi connectivity index (χ4v) is 1.93. The van der Waals surface area contributed by atoms with Crippen molar-refractivity contribution >= 4 is 5.97 Å². The van der Waals surface area contributed by atoms with Crippen LogP contribution in [0.1, 0.15) is 25.7 Å². The van der Waals surface area contributed by atoms with E-state index in [1.807, 2.05) is 0 Å². The van der Waals surface area contributed by atoms with Crippen molar-refractivity contribution in [1.82, 2.24) is 4.90 Å². The maximum Gasteiger partial charge on any atom is 0.305 e. The number of ether oxygens (including phenoxy) is 1. The Kier molecular flexibility index (Phi) is 4.22. The van der Waals surface area contributed by atoms with Crippen LogP contribution >= 0.6 is 0 Å². The number of carbonyl (C=O) groups is 1. The minimum absolute atomic E-state index is 0.0757. The van der Waals surface area contributed by atoms with Crippen LogP contribution in [0.2, 0.25) is 0 Å². The van der Waals surface area contributed by atoms with Crippen molar-refractivity contribution in [3.8, 4) is 0 Å². The summed E-state index contributed by atoms with van der Waals surface area (Å²) in [6.07, 6.45) is 4.09. The van der Waals surface area contributed by atoms with E-state index in [9.17, 15) is 4.79 Å². The van der Waals surface area contributed by atoms with Gasteiger partial charge in [-0.25, -0.2) is 0 Å². The zero-order chi connectivity index (χ0) is 9.68. The van der Waals surface area contributed by atoms with E-state index in [1.54, 1.807) is 0 Å².